The molecular formula is C11H32Cl3N3Si3. The van der Waals surface area contributed by atoms with Gasteiger partial charge in [0.1, 0.15) is 0 Å². The Morgan fingerprint density at radius 2 is 1.10 bits per heavy atom. The van der Waals surface area contributed by atoms with Crippen LogP contribution in [0.5, 0.6) is 0 Å². The molecule has 0 saturated carbocycles. The first-order valence-corrected chi connectivity index (χ1v) is 14.6. The van der Waals surface area contributed by atoms with E-state index in [0.29, 0.717) is 12.1 Å². The molecule has 124 valence electrons. The summed E-state index contributed by atoms with van der Waals surface area (Å²) in [6, 6.07) is 2.19. The van der Waals surface area contributed by atoms with Gasteiger partial charge in [0, 0.05) is 13.1 Å². The zero-order valence-corrected chi connectivity index (χ0v) is 20.5. The highest BCUT2D eigenvalue weighted by Crippen LogP contribution is 2.12. The third-order valence-corrected chi connectivity index (χ3v) is 9.26. The summed E-state index contributed by atoms with van der Waals surface area (Å²) in [5, 5.41) is 0. The zero-order valence-electron chi connectivity index (χ0n) is 14.0. The van der Waals surface area contributed by atoms with E-state index in [2.05, 4.69) is 66.5 Å². The van der Waals surface area contributed by atoms with Crippen LogP contribution < -0.4 is 0 Å². The SMILES string of the molecule is CC(C)N1CN(C(C)C)[SiH2]N(C(C)C)[SiH2]1.CCl.Cl[SiH2]Cl. The zero-order chi connectivity index (χ0) is 16.3. The predicted molar refractivity (Wildman–Crippen MR) is 105 cm³/mol. The molecular weight excluding hydrogens is 365 g/mol. The fraction of sp³-hybridized carbons (Fsp3) is 1.00. The minimum atomic E-state index is -0.639. The summed E-state index contributed by atoms with van der Waals surface area (Å²) in [5.41, 5.74) is 0. The molecule has 20 heavy (non-hydrogen) atoms. The summed E-state index contributed by atoms with van der Waals surface area (Å²) >= 11 is 14.4. The van der Waals surface area contributed by atoms with Crippen molar-refractivity contribution in [1.29, 1.82) is 0 Å². The maximum atomic E-state index is 4.90. The van der Waals surface area contributed by atoms with E-state index in [9.17, 15) is 0 Å². The first-order chi connectivity index (χ1) is 9.33. The van der Waals surface area contributed by atoms with Gasteiger partial charge in [0.05, 0.1) is 0 Å². The van der Waals surface area contributed by atoms with Crippen molar-refractivity contribution in [2.24, 2.45) is 0 Å². The van der Waals surface area contributed by atoms with Gasteiger partial charge >= 0.3 is 0 Å². The molecule has 3 nitrogen and oxygen atoms in total. The van der Waals surface area contributed by atoms with Crippen LogP contribution >= 0.6 is 33.8 Å². The largest absolute Gasteiger partial charge is 0.329 e. The molecule has 9 heteroatoms. The number of rotatable bonds is 3. The fourth-order valence-corrected chi connectivity index (χ4v) is 6.93. The Kier molecular flexibility index (Phi) is 16.6. The summed E-state index contributed by atoms with van der Waals surface area (Å²) in [5.74, 6) is 0. The second-order valence-electron chi connectivity index (χ2n) is 5.57. The molecule has 0 N–H and O–H groups in total. The summed E-state index contributed by atoms with van der Waals surface area (Å²) in [6.45, 7) is 15.3. The van der Waals surface area contributed by atoms with Gasteiger partial charge in [0.15, 0.2) is 19.7 Å². The van der Waals surface area contributed by atoms with Crippen LogP contribution in [0.2, 0.25) is 0 Å². The molecule has 1 aliphatic rings. The van der Waals surface area contributed by atoms with Crippen LogP contribution in [0.15, 0.2) is 0 Å². The minimum absolute atomic E-state index is 0.136. The van der Waals surface area contributed by atoms with E-state index >= 15 is 0 Å². The van der Waals surface area contributed by atoms with E-state index < -0.39 is 8.14 Å². The summed E-state index contributed by atoms with van der Waals surface area (Å²) in [7, 11) is -0.910. The van der Waals surface area contributed by atoms with Crippen LogP contribution in [0.3, 0.4) is 0 Å². The van der Waals surface area contributed by atoms with E-state index in [4.69, 9.17) is 22.2 Å². The van der Waals surface area contributed by atoms with Gasteiger partial charge in [0.2, 0.25) is 8.14 Å². The van der Waals surface area contributed by atoms with Crippen molar-refractivity contribution < 1.29 is 0 Å². The molecule has 0 radical (unpaired) electrons. The van der Waals surface area contributed by atoms with Gasteiger partial charge in [-0.3, -0.25) is 0 Å². The smallest absolute Gasteiger partial charge is 0.222 e. The van der Waals surface area contributed by atoms with E-state index in [0.717, 1.165) is 6.04 Å². The topological polar surface area (TPSA) is 9.72 Å². The lowest BCUT2D eigenvalue weighted by Gasteiger charge is -2.47. The molecule has 0 atom stereocenters. The highest BCUT2D eigenvalue weighted by molar-refractivity contribution is 7.22. The second-order valence-corrected chi connectivity index (χ2v) is 12.9. The van der Waals surface area contributed by atoms with Gasteiger partial charge in [-0.15, -0.1) is 11.6 Å². The molecule has 0 aromatic carbocycles. The Morgan fingerprint density at radius 3 is 1.30 bits per heavy atom. The molecule has 1 fully saturated rings. The van der Waals surface area contributed by atoms with Gasteiger partial charge < -0.3 is 13.4 Å². The van der Waals surface area contributed by atoms with Crippen LogP contribution in [0.1, 0.15) is 41.5 Å². The Bertz CT molecular complexity index is 185. The van der Waals surface area contributed by atoms with Crippen molar-refractivity contribution in [2.75, 3.05) is 13.1 Å². The Balaban J connectivity index is 0. The minimum Gasteiger partial charge on any atom is -0.329 e. The lowest BCUT2D eigenvalue weighted by atomic mass is 10.4. The number of nitrogens with zero attached hydrogens (tertiary/aromatic N) is 3. The first kappa shape index (κ1) is 23.7. The highest BCUT2D eigenvalue weighted by Gasteiger charge is 2.28. The van der Waals surface area contributed by atoms with Crippen LogP contribution in [-0.4, -0.2) is 72.4 Å². The van der Waals surface area contributed by atoms with Crippen molar-refractivity contribution in [3.05, 3.63) is 0 Å². The molecule has 1 aliphatic heterocycles. The monoisotopic (exact) mass is 395 g/mol. The lowest BCUT2D eigenvalue weighted by molar-refractivity contribution is 0.191. The number of hydrogen-bond acceptors (Lipinski definition) is 3. The molecule has 0 bridgehead atoms. The first-order valence-electron chi connectivity index (χ1n) is 7.05. The van der Waals surface area contributed by atoms with Gasteiger partial charge in [-0.05, 0) is 18.1 Å². The Labute approximate surface area is 147 Å². The van der Waals surface area contributed by atoms with Gasteiger partial charge in [-0.2, -0.15) is 22.2 Å². The van der Waals surface area contributed by atoms with Crippen molar-refractivity contribution in [3.8, 4) is 0 Å². The van der Waals surface area contributed by atoms with Crippen molar-refractivity contribution in [2.45, 2.75) is 59.7 Å². The number of halogens is 3. The molecule has 0 aromatic heterocycles. The highest BCUT2D eigenvalue weighted by atomic mass is 35.7. The molecule has 1 heterocycles. The normalized spacial score (nSPS) is 20.2. The Hall–Kier alpha value is 1.40. The molecule has 0 aromatic rings. The van der Waals surface area contributed by atoms with Crippen molar-refractivity contribution in [3.63, 3.8) is 0 Å². The van der Waals surface area contributed by atoms with Crippen molar-refractivity contribution >= 4 is 61.6 Å². The molecule has 1 rings (SSSR count). The third-order valence-electron chi connectivity index (χ3n) is 3.28. The standard InChI is InChI=1S/C10H27N3Si2.CH3Cl.Cl2H2Si/c1-8(2)11-7-12(9(3)4)15-13(14-11)10(5)6;1-2;1-3-2/h8-10H,7,14-15H2,1-6H3;1H3;3H2. The molecule has 0 aliphatic carbocycles. The number of alkyl halides is 1. The van der Waals surface area contributed by atoms with Crippen LogP contribution in [-0.2, 0) is 0 Å². The fourth-order valence-electron chi connectivity index (χ4n) is 1.81. The summed E-state index contributed by atoms with van der Waals surface area (Å²) in [6.07, 6.45) is 1.47. The van der Waals surface area contributed by atoms with E-state index in [1.165, 1.54) is 13.1 Å². The predicted octanol–water partition coefficient (Wildman–Crippen LogP) is 1.40. The molecule has 1 saturated heterocycles. The van der Waals surface area contributed by atoms with E-state index in [1.54, 1.807) is 0 Å². The average molecular weight is 397 g/mol. The summed E-state index contributed by atoms with van der Waals surface area (Å²) < 4.78 is 8.22. The van der Waals surface area contributed by atoms with Gasteiger partial charge in [0.25, 0.3) is 0 Å². The van der Waals surface area contributed by atoms with Gasteiger partial charge in [-0.1, -0.05) is 41.5 Å². The van der Waals surface area contributed by atoms with Crippen LogP contribution in [0.4, 0.5) is 0 Å². The summed E-state index contributed by atoms with van der Waals surface area (Å²) in [4.78, 5) is 0. The second kappa shape index (κ2) is 14.0. The molecule has 0 unspecified atom stereocenters. The third kappa shape index (κ3) is 10.2. The van der Waals surface area contributed by atoms with E-state index in [1.807, 2.05) is 0 Å². The Morgan fingerprint density at radius 1 is 0.800 bits per heavy atom. The molecule has 0 amide bonds. The maximum absolute atomic E-state index is 4.90. The molecule has 0 spiro atoms. The van der Waals surface area contributed by atoms with Crippen LogP contribution in [0.25, 0.3) is 0 Å². The van der Waals surface area contributed by atoms with Crippen molar-refractivity contribution in [1.82, 2.24) is 13.4 Å². The average Bonchev–Trinajstić information content (AvgIpc) is 2.41. The number of hydrogen-bond donors (Lipinski definition) is 0. The van der Waals surface area contributed by atoms with Gasteiger partial charge in [-0.25, -0.2) is 0 Å². The maximum Gasteiger partial charge on any atom is 0.222 e. The quantitative estimate of drug-likeness (QED) is 0.405. The lowest BCUT2D eigenvalue weighted by Crippen LogP contribution is -2.63. The van der Waals surface area contributed by atoms with E-state index in [-0.39, 0.29) is 19.7 Å². The van der Waals surface area contributed by atoms with Crippen LogP contribution in [0, 0.1) is 0 Å².